The molecule has 0 aliphatic rings. The molecule has 2 N–H and O–H groups in total. The Kier molecular flexibility index (Phi) is 6.54. The Labute approximate surface area is 196 Å². The summed E-state index contributed by atoms with van der Waals surface area (Å²) in [6.45, 7) is 0. The first kappa shape index (κ1) is 23.6. The van der Waals surface area contributed by atoms with Crippen molar-refractivity contribution in [3.05, 3.63) is 108 Å². The van der Waals surface area contributed by atoms with Crippen molar-refractivity contribution in [2.75, 3.05) is 10.6 Å². The molecule has 1 heterocycles. The van der Waals surface area contributed by atoms with E-state index in [0.717, 1.165) is 12.1 Å². The molecule has 3 aromatic carbocycles. The summed E-state index contributed by atoms with van der Waals surface area (Å²) < 4.78 is 54.9. The largest absolute Gasteiger partial charge is 0.418 e. The second-order valence-electron chi connectivity index (χ2n) is 7.31. The number of hydrogen-bond donors (Lipinski definition) is 2. The third-order valence-corrected chi connectivity index (χ3v) is 4.90. The highest BCUT2D eigenvalue weighted by Crippen LogP contribution is 2.37. The van der Waals surface area contributed by atoms with Crippen LogP contribution in [0.15, 0.2) is 85.2 Å². The molecular formula is C25H16F4N4O2. The molecule has 4 rings (SSSR count). The topological polar surface area (TPSA) is 84.0 Å². The maximum atomic E-state index is 13.8. The molecule has 0 spiro atoms. The second kappa shape index (κ2) is 9.72. The summed E-state index contributed by atoms with van der Waals surface area (Å²) in [5.74, 6) is -2.22. The zero-order valence-corrected chi connectivity index (χ0v) is 17.8. The number of aromatic nitrogens is 2. The standard InChI is InChI=1S/C25H16F4N4O2/c26-20-9-5-4-8-18(20)24(35)32-17-10-11-21(19(12-17)25(27,28)29)33-23(34)16-13-30-22(31-14-16)15-6-2-1-3-7-15/h1-14H,(H,32,35)(H,33,34). The lowest BCUT2D eigenvalue weighted by Gasteiger charge is -2.16. The number of anilines is 2. The van der Waals surface area contributed by atoms with Crippen LogP contribution >= 0.6 is 0 Å². The van der Waals surface area contributed by atoms with Gasteiger partial charge >= 0.3 is 6.18 Å². The van der Waals surface area contributed by atoms with Crippen LogP contribution in [-0.4, -0.2) is 21.8 Å². The number of rotatable bonds is 5. The van der Waals surface area contributed by atoms with E-state index in [0.29, 0.717) is 17.5 Å². The molecule has 10 heteroatoms. The van der Waals surface area contributed by atoms with E-state index in [9.17, 15) is 27.2 Å². The van der Waals surface area contributed by atoms with Gasteiger partial charge in [0.25, 0.3) is 11.8 Å². The highest BCUT2D eigenvalue weighted by Gasteiger charge is 2.34. The molecule has 0 atom stereocenters. The molecule has 4 aromatic rings. The van der Waals surface area contributed by atoms with Gasteiger partial charge < -0.3 is 10.6 Å². The maximum Gasteiger partial charge on any atom is 0.418 e. The van der Waals surface area contributed by atoms with E-state index >= 15 is 0 Å². The van der Waals surface area contributed by atoms with E-state index < -0.39 is 35.1 Å². The van der Waals surface area contributed by atoms with Crippen LogP contribution < -0.4 is 10.6 Å². The van der Waals surface area contributed by atoms with Gasteiger partial charge in [-0.05, 0) is 30.3 Å². The summed E-state index contributed by atoms with van der Waals surface area (Å²) >= 11 is 0. The monoisotopic (exact) mass is 480 g/mol. The van der Waals surface area contributed by atoms with Crippen LogP contribution in [0.25, 0.3) is 11.4 Å². The number of carbonyl (C=O) groups is 2. The molecular weight excluding hydrogens is 464 g/mol. The Balaban J connectivity index is 1.55. The van der Waals surface area contributed by atoms with Crippen LogP contribution in [0.2, 0.25) is 0 Å². The van der Waals surface area contributed by atoms with Gasteiger partial charge in [0.2, 0.25) is 0 Å². The quantitative estimate of drug-likeness (QED) is 0.354. The van der Waals surface area contributed by atoms with E-state index in [1.807, 2.05) is 6.07 Å². The number of nitrogens with one attached hydrogen (secondary N) is 2. The minimum Gasteiger partial charge on any atom is -0.322 e. The van der Waals surface area contributed by atoms with E-state index in [4.69, 9.17) is 0 Å². The number of nitrogens with zero attached hydrogens (tertiary/aromatic N) is 2. The number of hydrogen-bond acceptors (Lipinski definition) is 4. The highest BCUT2D eigenvalue weighted by atomic mass is 19.4. The second-order valence-corrected chi connectivity index (χ2v) is 7.31. The van der Waals surface area contributed by atoms with E-state index in [1.54, 1.807) is 24.3 Å². The van der Waals surface area contributed by atoms with E-state index in [1.165, 1.54) is 36.7 Å². The minimum absolute atomic E-state index is 0.0465. The Morgan fingerprint density at radius 2 is 1.43 bits per heavy atom. The van der Waals surface area contributed by atoms with Crippen molar-refractivity contribution in [2.24, 2.45) is 0 Å². The third-order valence-electron chi connectivity index (χ3n) is 4.90. The molecule has 2 amide bonds. The molecule has 0 saturated heterocycles. The summed E-state index contributed by atoms with van der Waals surface area (Å²) in [5.41, 5.74) is -1.60. The van der Waals surface area contributed by atoms with Gasteiger partial charge in [-0.2, -0.15) is 13.2 Å². The summed E-state index contributed by atoms with van der Waals surface area (Å²) in [7, 11) is 0. The Morgan fingerprint density at radius 1 is 0.771 bits per heavy atom. The van der Waals surface area contributed by atoms with Gasteiger partial charge in [0.05, 0.1) is 22.4 Å². The summed E-state index contributed by atoms with van der Waals surface area (Å²) in [6, 6.07) is 16.8. The molecule has 1 aromatic heterocycles. The van der Waals surface area contributed by atoms with Crippen LogP contribution in [0.5, 0.6) is 0 Å². The fraction of sp³-hybridized carbons (Fsp3) is 0.0400. The van der Waals surface area contributed by atoms with Crippen molar-refractivity contribution in [1.29, 1.82) is 0 Å². The summed E-state index contributed by atoms with van der Waals surface area (Å²) in [4.78, 5) is 33.0. The predicted molar refractivity (Wildman–Crippen MR) is 121 cm³/mol. The first-order chi connectivity index (χ1) is 16.7. The Hall–Kier alpha value is -4.60. The Morgan fingerprint density at radius 3 is 2.09 bits per heavy atom. The van der Waals surface area contributed by atoms with Gasteiger partial charge in [-0.1, -0.05) is 42.5 Å². The normalized spacial score (nSPS) is 11.1. The zero-order chi connectivity index (χ0) is 25.0. The SMILES string of the molecule is O=C(Nc1ccc(NC(=O)c2ccccc2F)cc1C(F)(F)F)c1cnc(-c2ccccc2)nc1. The fourth-order valence-corrected chi connectivity index (χ4v) is 3.19. The number of benzene rings is 3. The van der Waals surface area contributed by atoms with Crippen LogP contribution in [0.4, 0.5) is 28.9 Å². The zero-order valence-electron chi connectivity index (χ0n) is 17.8. The van der Waals surface area contributed by atoms with Gasteiger partial charge in [-0.3, -0.25) is 9.59 Å². The summed E-state index contributed by atoms with van der Waals surface area (Å²) in [6.07, 6.45) is -2.43. The minimum atomic E-state index is -4.85. The maximum absolute atomic E-state index is 13.8. The van der Waals surface area contributed by atoms with E-state index in [-0.39, 0.29) is 16.8 Å². The molecule has 35 heavy (non-hydrogen) atoms. The first-order valence-electron chi connectivity index (χ1n) is 10.2. The van der Waals surface area contributed by atoms with Gasteiger partial charge in [0, 0.05) is 23.6 Å². The average Bonchev–Trinajstić information content (AvgIpc) is 2.85. The lowest BCUT2D eigenvalue weighted by Crippen LogP contribution is -2.18. The van der Waals surface area contributed by atoms with Crippen molar-refractivity contribution < 1.29 is 27.2 Å². The van der Waals surface area contributed by atoms with Crippen LogP contribution in [-0.2, 0) is 6.18 Å². The number of halogens is 4. The van der Waals surface area contributed by atoms with Crippen molar-refractivity contribution in [1.82, 2.24) is 9.97 Å². The van der Waals surface area contributed by atoms with Gasteiger partial charge in [-0.15, -0.1) is 0 Å². The number of alkyl halides is 3. The van der Waals surface area contributed by atoms with Gasteiger partial charge in [0.15, 0.2) is 5.82 Å². The molecule has 0 aliphatic heterocycles. The number of carbonyl (C=O) groups excluding carboxylic acids is 2. The molecule has 0 fully saturated rings. The van der Waals surface area contributed by atoms with Crippen molar-refractivity contribution in [3.8, 4) is 11.4 Å². The molecule has 6 nitrogen and oxygen atoms in total. The Bertz CT molecular complexity index is 1370. The average molecular weight is 480 g/mol. The molecule has 0 bridgehead atoms. The molecule has 0 radical (unpaired) electrons. The lowest BCUT2D eigenvalue weighted by atomic mass is 10.1. The fourth-order valence-electron chi connectivity index (χ4n) is 3.19. The van der Waals surface area contributed by atoms with Crippen molar-refractivity contribution in [3.63, 3.8) is 0 Å². The lowest BCUT2D eigenvalue weighted by molar-refractivity contribution is -0.136. The predicted octanol–water partition coefficient (Wildman–Crippen LogP) is 5.81. The van der Waals surface area contributed by atoms with Crippen LogP contribution in [0.1, 0.15) is 26.3 Å². The van der Waals surface area contributed by atoms with Crippen molar-refractivity contribution in [2.45, 2.75) is 6.18 Å². The first-order valence-corrected chi connectivity index (χ1v) is 10.2. The molecule has 0 saturated carbocycles. The van der Waals surface area contributed by atoms with Crippen LogP contribution in [0, 0.1) is 5.82 Å². The van der Waals surface area contributed by atoms with Crippen LogP contribution in [0.3, 0.4) is 0 Å². The van der Waals surface area contributed by atoms with Gasteiger partial charge in [0.1, 0.15) is 5.82 Å². The smallest absolute Gasteiger partial charge is 0.322 e. The van der Waals surface area contributed by atoms with E-state index in [2.05, 4.69) is 20.6 Å². The van der Waals surface area contributed by atoms with Crippen molar-refractivity contribution >= 4 is 23.2 Å². The summed E-state index contributed by atoms with van der Waals surface area (Å²) in [5, 5.41) is 4.44. The third kappa shape index (κ3) is 5.49. The molecule has 0 unspecified atom stereocenters. The molecule has 176 valence electrons. The number of amides is 2. The molecule has 0 aliphatic carbocycles. The van der Waals surface area contributed by atoms with Gasteiger partial charge in [-0.25, -0.2) is 14.4 Å². The highest BCUT2D eigenvalue weighted by molar-refractivity contribution is 6.06.